The van der Waals surface area contributed by atoms with Crippen LogP contribution in [0.5, 0.6) is 5.88 Å². The zero-order valence-electron chi connectivity index (χ0n) is 14.9. The van der Waals surface area contributed by atoms with Crippen LogP contribution in [0.4, 0.5) is 0 Å². The van der Waals surface area contributed by atoms with E-state index in [-0.39, 0.29) is 0 Å². The van der Waals surface area contributed by atoms with Crippen molar-refractivity contribution in [1.29, 1.82) is 0 Å². The highest BCUT2D eigenvalue weighted by Gasteiger charge is 2.22. The third-order valence-electron chi connectivity index (χ3n) is 4.92. The first-order valence-electron chi connectivity index (χ1n) is 9.28. The van der Waals surface area contributed by atoms with Gasteiger partial charge in [0.05, 0.1) is 6.61 Å². The van der Waals surface area contributed by atoms with Crippen molar-refractivity contribution in [2.24, 2.45) is 16.8 Å². The van der Waals surface area contributed by atoms with Gasteiger partial charge in [-0.25, -0.2) is 4.98 Å². The molecule has 1 aromatic heterocycles. The normalized spacial score (nSPS) is 24.5. The Bertz CT molecular complexity index is 556. The van der Waals surface area contributed by atoms with Gasteiger partial charge in [-0.2, -0.15) is 0 Å². The van der Waals surface area contributed by atoms with Crippen molar-refractivity contribution in [3.05, 3.63) is 23.9 Å². The van der Waals surface area contributed by atoms with E-state index in [0.29, 0.717) is 6.04 Å². The minimum absolute atomic E-state index is 0.537. The zero-order valence-corrected chi connectivity index (χ0v) is 14.9. The molecule has 2 atom stereocenters. The lowest BCUT2D eigenvalue weighted by Gasteiger charge is -2.28. The summed E-state index contributed by atoms with van der Waals surface area (Å²) >= 11 is 0. The Labute approximate surface area is 145 Å². The number of aliphatic imine (C=N–C) groups is 1. The maximum atomic E-state index is 5.75. The van der Waals surface area contributed by atoms with Gasteiger partial charge in [-0.05, 0) is 49.1 Å². The molecule has 2 unspecified atom stereocenters. The van der Waals surface area contributed by atoms with Gasteiger partial charge in [0.2, 0.25) is 5.88 Å². The van der Waals surface area contributed by atoms with E-state index < -0.39 is 0 Å². The summed E-state index contributed by atoms with van der Waals surface area (Å²) in [4.78, 5) is 8.65. The Hall–Kier alpha value is -1.78. The summed E-state index contributed by atoms with van der Waals surface area (Å²) in [7, 11) is 1.83. The lowest BCUT2D eigenvalue weighted by atomic mass is 9.87. The fourth-order valence-corrected chi connectivity index (χ4v) is 3.27. The highest BCUT2D eigenvalue weighted by molar-refractivity contribution is 5.79. The van der Waals surface area contributed by atoms with Gasteiger partial charge in [-0.1, -0.05) is 19.8 Å². The number of nitrogens with one attached hydrogen (secondary N) is 2. The fourth-order valence-electron chi connectivity index (χ4n) is 3.27. The smallest absolute Gasteiger partial charge is 0.213 e. The first kappa shape index (κ1) is 17.1. The van der Waals surface area contributed by atoms with E-state index in [2.05, 4.69) is 27.5 Å². The molecule has 3 rings (SSSR count). The van der Waals surface area contributed by atoms with Gasteiger partial charge in [0, 0.05) is 31.9 Å². The number of aromatic nitrogens is 1. The van der Waals surface area contributed by atoms with E-state index in [1.54, 1.807) is 0 Å². The van der Waals surface area contributed by atoms with Gasteiger partial charge in [-0.3, -0.25) is 4.99 Å². The predicted molar refractivity (Wildman–Crippen MR) is 97.2 cm³/mol. The van der Waals surface area contributed by atoms with Gasteiger partial charge in [0.25, 0.3) is 0 Å². The van der Waals surface area contributed by atoms with E-state index in [9.17, 15) is 0 Å². The highest BCUT2D eigenvalue weighted by Crippen LogP contribution is 2.29. The average Bonchev–Trinajstić information content (AvgIpc) is 3.41. The Kier molecular flexibility index (Phi) is 5.94. The molecule has 24 heavy (non-hydrogen) atoms. The molecule has 2 aliphatic rings. The minimum Gasteiger partial charge on any atom is -0.477 e. The lowest BCUT2D eigenvalue weighted by Crippen LogP contribution is -2.44. The van der Waals surface area contributed by atoms with Crippen LogP contribution in [0, 0.1) is 11.8 Å². The summed E-state index contributed by atoms with van der Waals surface area (Å²) < 4.78 is 5.75. The second kappa shape index (κ2) is 8.36. The molecule has 0 amide bonds. The molecular formula is C19H30N4O. The summed E-state index contributed by atoms with van der Waals surface area (Å²) in [6, 6.07) is 4.58. The van der Waals surface area contributed by atoms with Crippen LogP contribution < -0.4 is 15.4 Å². The van der Waals surface area contributed by atoms with Gasteiger partial charge in [0.15, 0.2) is 5.96 Å². The van der Waals surface area contributed by atoms with E-state index in [1.165, 1.54) is 38.5 Å². The number of hydrogen-bond acceptors (Lipinski definition) is 3. The molecule has 0 aliphatic heterocycles. The van der Waals surface area contributed by atoms with Crippen LogP contribution in [-0.4, -0.2) is 30.6 Å². The average molecular weight is 330 g/mol. The zero-order chi connectivity index (χ0) is 16.8. The first-order chi connectivity index (χ1) is 11.7. The van der Waals surface area contributed by atoms with Crippen molar-refractivity contribution in [3.8, 4) is 5.88 Å². The number of pyridine rings is 1. The standard InChI is InChI=1S/C19H30N4O/c1-14-4-3-5-17(10-14)23-19(20-2)22-12-16-8-9-21-18(11-16)24-13-15-6-7-15/h8-9,11,14-15,17H,3-7,10,12-13H2,1-2H3,(H2,20,22,23). The van der Waals surface area contributed by atoms with E-state index in [4.69, 9.17) is 4.74 Å². The Morgan fingerprint density at radius 2 is 2.21 bits per heavy atom. The lowest BCUT2D eigenvalue weighted by molar-refractivity contribution is 0.288. The molecule has 1 heterocycles. The molecule has 2 fully saturated rings. The fraction of sp³-hybridized carbons (Fsp3) is 0.684. The Morgan fingerprint density at radius 1 is 1.33 bits per heavy atom. The first-order valence-corrected chi connectivity index (χ1v) is 9.28. The monoisotopic (exact) mass is 330 g/mol. The van der Waals surface area contributed by atoms with Gasteiger partial charge >= 0.3 is 0 Å². The maximum Gasteiger partial charge on any atom is 0.213 e. The molecule has 5 nitrogen and oxygen atoms in total. The maximum absolute atomic E-state index is 5.75. The van der Waals surface area contributed by atoms with Crippen LogP contribution in [0.3, 0.4) is 0 Å². The minimum atomic E-state index is 0.537. The molecule has 0 aromatic carbocycles. The number of ether oxygens (including phenoxy) is 1. The Morgan fingerprint density at radius 3 is 2.96 bits per heavy atom. The molecule has 5 heteroatoms. The van der Waals surface area contributed by atoms with Crippen LogP contribution >= 0.6 is 0 Å². The summed E-state index contributed by atoms with van der Waals surface area (Å²) in [5.41, 5.74) is 1.16. The van der Waals surface area contributed by atoms with Crippen molar-refractivity contribution in [3.63, 3.8) is 0 Å². The molecule has 0 saturated heterocycles. The molecular weight excluding hydrogens is 300 g/mol. The van der Waals surface area contributed by atoms with E-state index in [0.717, 1.165) is 42.4 Å². The van der Waals surface area contributed by atoms with Crippen molar-refractivity contribution in [1.82, 2.24) is 15.6 Å². The van der Waals surface area contributed by atoms with Crippen LogP contribution in [0.15, 0.2) is 23.3 Å². The van der Waals surface area contributed by atoms with Gasteiger partial charge in [-0.15, -0.1) is 0 Å². The van der Waals surface area contributed by atoms with E-state index in [1.807, 2.05) is 25.4 Å². The second-order valence-corrected chi connectivity index (χ2v) is 7.30. The van der Waals surface area contributed by atoms with Crippen molar-refractivity contribution in [2.45, 2.75) is 58.0 Å². The third kappa shape index (κ3) is 5.39. The number of rotatable bonds is 6. The third-order valence-corrected chi connectivity index (χ3v) is 4.92. The summed E-state index contributed by atoms with van der Waals surface area (Å²) in [6.07, 6.45) is 9.53. The summed E-state index contributed by atoms with van der Waals surface area (Å²) in [6.45, 7) is 3.86. The van der Waals surface area contributed by atoms with Crippen molar-refractivity contribution >= 4 is 5.96 Å². The molecule has 2 aliphatic carbocycles. The van der Waals surface area contributed by atoms with Gasteiger partial charge in [0.1, 0.15) is 0 Å². The SMILES string of the molecule is CN=C(NCc1ccnc(OCC2CC2)c1)NC1CCCC(C)C1. The largest absolute Gasteiger partial charge is 0.477 e. The molecule has 0 bridgehead atoms. The predicted octanol–water partition coefficient (Wildman–Crippen LogP) is 3.11. The van der Waals surface area contributed by atoms with Crippen molar-refractivity contribution < 1.29 is 4.74 Å². The quantitative estimate of drug-likeness (QED) is 0.621. The van der Waals surface area contributed by atoms with Gasteiger partial charge < -0.3 is 15.4 Å². The number of guanidine groups is 1. The Balaban J connectivity index is 1.46. The molecule has 1 aromatic rings. The molecule has 0 radical (unpaired) electrons. The van der Waals surface area contributed by atoms with Crippen LogP contribution in [0.2, 0.25) is 0 Å². The van der Waals surface area contributed by atoms with Crippen LogP contribution in [-0.2, 0) is 6.54 Å². The second-order valence-electron chi connectivity index (χ2n) is 7.30. The van der Waals surface area contributed by atoms with Crippen molar-refractivity contribution in [2.75, 3.05) is 13.7 Å². The molecule has 2 N–H and O–H groups in total. The van der Waals surface area contributed by atoms with E-state index >= 15 is 0 Å². The molecule has 0 spiro atoms. The summed E-state index contributed by atoms with van der Waals surface area (Å²) in [5, 5.41) is 6.97. The summed E-state index contributed by atoms with van der Waals surface area (Å²) in [5.74, 6) is 3.16. The van der Waals surface area contributed by atoms with Crippen LogP contribution in [0.25, 0.3) is 0 Å². The number of nitrogens with zero attached hydrogens (tertiary/aromatic N) is 2. The molecule has 2 saturated carbocycles. The molecule has 132 valence electrons. The highest BCUT2D eigenvalue weighted by atomic mass is 16.5. The van der Waals surface area contributed by atoms with Crippen LogP contribution in [0.1, 0.15) is 51.0 Å². The topological polar surface area (TPSA) is 58.5 Å². The number of hydrogen-bond donors (Lipinski definition) is 2.